The van der Waals surface area contributed by atoms with Gasteiger partial charge in [0.2, 0.25) is 0 Å². The van der Waals surface area contributed by atoms with Crippen LogP contribution in [0.4, 0.5) is 0 Å². The van der Waals surface area contributed by atoms with E-state index in [1.807, 2.05) is 0 Å². The van der Waals surface area contributed by atoms with Gasteiger partial charge in [-0.15, -0.1) is 0 Å². The lowest BCUT2D eigenvalue weighted by atomic mass is 10.1. The summed E-state index contributed by atoms with van der Waals surface area (Å²) in [6.45, 7) is 6.57. The normalized spacial score (nSPS) is 12.6. The summed E-state index contributed by atoms with van der Waals surface area (Å²) in [6, 6.07) is 0. The Kier molecular flexibility index (Phi) is 52.8. The maximum absolute atomic E-state index is 12.8. The second-order valence-electron chi connectivity index (χ2n) is 18.9. The molecule has 0 aromatic rings. The van der Waals surface area contributed by atoms with Crippen LogP contribution < -0.4 is 0 Å². The number of carbonyl (C=O) groups is 3. The van der Waals surface area contributed by atoms with Crippen LogP contribution in [-0.2, 0) is 28.6 Å². The highest BCUT2D eigenvalue weighted by atomic mass is 16.6. The number of unbranched alkanes of at least 4 members (excludes halogenated alkanes) is 31. The molecular formula is C61H106O6. The fourth-order valence-corrected chi connectivity index (χ4v) is 7.90. The van der Waals surface area contributed by atoms with Gasteiger partial charge in [-0.3, -0.25) is 14.4 Å². The molecule has 67 heavy (non-hydrogen) atoms. The molecule has 0 N–H and O–H groups in total. The van der Waals surface area contributed by atoms with Crippen molar-refractivity contribution < 1.29 is 28.6 Å². The fourth-order valence-electron chi connectivity index (χ4n) is 7.90. The van der Waals surface area contributed by atoms with Gasteiger partial charge in [-0.1, -0.05) is 235 Å². The minimum absolute atomic E-state index is 0.0914. The first-order valence-corrected chi connectivity index (χ1v) is 28.5. The van der Waals surface area contributed by atoms with Crippen LogP contribution in [0.2, 0.25) is 0 Å². The summed E-state index contributed by atoms with van der Waals surface area (Å²) in [5.74, 6) is -0.923. The van der Waals surface area contributed by atoms with Gasteiger partial charge in [0.15, 0.2) is 6.10 Å². The first-order chi connectivity index (χ1) is 33.0. The molecule has 0 aliphatic carbocycles. The van der Waals surface area contributed by atoms with Crippen molar-refractivity contribution in [1.29, 1.82) is 0 Å². The molecule has 1 unspecified atom stereocenters. The van der Waals surface area contributed by atoms with E-state index in [2.05, 4.69) is 93.7 Å². The summed E-state index contributed by atoms with van der Waals surface area (Å²) < 4.78 is 16.8. The first kappa shape index (κ1) is 63.8. The second-order valence-corrected chi connectivity index (χ2v) is 18.9. The number of hydrogen-bond acceptors (Lipinski definition) is 6. The van der Waals surface area contributed by atoms with Crippen LogP contribution in [0, 0.1) is 0 Å². The molecule has 6 heteroatoms. The van der Waals surface area contributed by atoms with E-state index in [0.29, 0.717) is 19.3 Å². The topological polar surface area (TPSA) is 78.9 Å². The highest BCUT2D eigenvalue weighted by Crippen LogP contribution is 2.14. The molecule has 0 amide bonds. The van der Waals surface area contributed by atoms with Crippen LogP contribution in [-0.4, -0.2) is 37.2 Å². The lowest BCUT2D eigenvalue weighted by molar-refractivity contribution is -0.167. The zero-order valence-corrected chi connectivity index (χ0v) is 44.2. The summed E-state index contributed by atoms with van der Waals surface area (Å²) >= 11 is 0. The number of esters is 3. The molecule has 0 radical (unpaired) electrons. The van der Waals surface area contributed by atoms with Gasteiger partial charge in [0.1, 0.15) is 13.2 Å². The maximum atomic E-state index is 12.8. The predicted molar refractivity (Wildman–Crippen MR) is 288 cm³/mol. The number of hydrogen-bond donors (Lipinski definition) is 0. The average molecular weight is 936 g/mol. The minimum Gasteiger partial charge on any atom is -0.462 e. The van der Waals surface area contributed by atoms with Crippen LogP contribution >= 0.6 is 0 Å². The first-order valence-electron chi connectivity index (χ1n) is 28.5. The number of ether oxygens (including phenoxy) is 3. The Bertz CT molecular complexity index is 1260. The van der Waals surface area contributed by atoms with Crippen LogP contribution in [0.5, 0.6) is 0 Å². The van der Waals surface area contributed by atoms with E-state index in [0.717, 1.165) is 96.3 Å². The Labute approximate surface area is 414 Å². The summed E-state index contributed by atoms with van der Waals surface area (Å²) in [5, 5.41) is 0. The number of rotatable bonds is 51. The van der Waals surface area contributed by atoms with Crippen molar-refractivity contribution in [2.24, 2.45) is 0 Å². The third-order valence-electron chi connectivity index (χ3n) is 12.2. The van der Waals surface area contributed by atoms with Gasteiger partial charge in [0, 0.05) is 19.3 Å². The van der Waals surface area contributed by atoms with Crippen LogP contribution in [0.3, 0.4) is 0 Å². The third-order valence-corrected chi connectivity index (χ3v) is 12.2. The smallest absolute Gasteiger partial charge is 0.306 e. The molecule has 0 aromatic carbocycles. The van der Waals surface area contributed by atoms with Gasteiger partial charge in [-0.2, -0.15) is 0 Å². The monoisotopic (exact) mass is 935 g/mol. The molecule has 0 rings (SSSR count). The van der Waals surface area contributed by atoms with Crippen LogP contribution in [0.1, 0.15) is 278 Å². The highest BCUT2D eigenvalue weighted by Gasteiger charge is 2.19. The molecule has 0 saturated heterocycles. The summed E-state index contributed by atoms with van der Waals surface area (Å²) in [6.07, 6.45) is 70.2. The summed E-state index contributed by atoms with van der Waals surface area (Å²) in [4.78, 5) is 38.1. The van der Waals surface area contributed by atoms with Gasteiger partial charge < -0.3 is 14.2 Å². The van der Waals surface area contributed by atoms with E-state index < -0.39 is 6.10 Å². The van der Waals surface area contributed by atoms with Gasteiger partial charge in [-0.05, 0) is 96.3 Å². The summed E-state index contributed by atoms with van der Waals surface area (Å²) in [7, 11) is 0. The standard InChI is InChI=1S/C61H106O6/c1-4-7-10-13-16-19-22-25-28-30-31-34-36-39-42-45-48-51-54-60(63)66-57-58(56-65-59(62)53-50-47-44-41-38-35-32-27-24-21-18-15-12-9-6-3)67-61(64)55-52-49-46-43-40-37-33-29-26-23-20-17-14-11-8-5-2/h18,21-22,24-25,27-31,33-34,58H,4-17,19-20,23,26,32,35-57H2,1-3H3/b21-18-,25-22-,27-24-,30-28-,33-29-,34-31-. The average Bonchev–Trinajstić information content (AvgIpc) is 3.33. The molecule has 0 aromatic heterocycles. The molecule has 0 fully saturated rings. The Morgan fingerprint density at radius 2 is 0.552 bits per heavy atom. The Balaban J connectivity index is 4.45. The van der Waals surface area contributed by atoms with Gasteiger partial charge >= 0.3 is 17.9 Å². The fraction of sp³-hybridized carbons (Fsp3) is 0.754. The zero-order valence-electron chi connectivity index (χ0n) is 44.2. The van der Waals surface area contributed by atoms with Gasteiger partial charge in [-0.25, -0.2) is 0 Å². The zero-order chi connectivity index (χ0) is 48.6. The Morgan fingerprint density at radius 3 is 0.910 bits per heavy atom. The van der Waals surface area contributed by atoms with Crippen LogP contribution in [0.15, 0.2) is 72.9 Å². The van der Waals surface area contributed by atoms with Crippen LogP contribution in [0.25, 0.3) is 0 Å². The third kappa shape index (κ3) is 53.7. The van der Waals surface area contributed by atoms with E-state index in [1.165, 1.54) is 141 Å². The van der Waals surface area contributed by atoms with Gasteiger partial charge in [0.05, 0.1) is 0 Å². The van der Waals surface area contributed by atoms with Crippen molar-refractivity contribution >= 4 is 17.9 Å². The Hall–Kier alpha value is -3.15. The van der Waals surface area contributed by atoms with E-state index in [1.54, 1.807) is 0 Å². The molecule has 386 valence electrons. The molecule has 0 aliphatic heterocycles. The maximum Gasteiger partial charge on any atom is 0.306 e. The van der Waals surface area contributed by atoms with Crippen molar-refractivity contribution in [3.8, 4) is 0 Å². The van der Waals surface area contributed by atoms with Crippen molar-refractivity contribution in [2.75, 3.05) is 13.2 Å². The molecule has 6 nitrogen and oxygen atoms in total. The molecule has 0 spiro atoms. The Morgan fingerprint density at radius 1 is 0.299 bits per heavy atom. The molecular weight excluding hydrogens is 829 g/mol. The second kappa shape index (κ2) is 55.4. The van der Waals surface area contributed by atoms with Crippen molar-refractivity contribution in [2.45, 2.75) is 284 Å². The van der Waals surface area contributed by atoms with Crippen molar-refractivity contribution in [3.63, 3.8) is 0 Å². The number of carbonyl (C=O) groups excluding carboxylic acids is 3. The molecule has 1 atom stereocenters. The minimum atomic E-state index is -0.793. The van der Waals surface area contributed by atoms with E-state index in [9.17, 15) is 14.4 Å². The quantitative estimate of drug-likeness (QED) is 0.0199. The van der Waals surface area contributed by atoms with Gasteiger partial charge in [0.25, 0.3) is 0 Å². The highest BCUT2D eigenvalue weighted by molar-refractivity contribution is 5.71. The lowest BCUT2D eigenvalue weighted by Crippen LogP contribution is -2.30. The van der Waals surface area contributed by atoms with E-state index >= 15 is 0 Å². The predicted octanol–water partition coefficient (Wildman–Crippen LogP) is 19.0. The lowest BCUT2D eigenvalue weighted by Gasteiger charge is -2.18. The van der Waals surface area contributed by atoms with Crippen molar-refractivity contribution in [1.82, 2.24) is 0 Å². The van der Waals surface area contributed by atoms with E-state index in [4.69, 9.17) is 14.2 Å². The molecule has 0 saturated carbocycles. The SMILES string of the molecule is CCCCC/C=C\C=C/CCCCCCCCC(=O)OCC(COC(=O)CCCCCCC\C=C/C=C\C=C/CCCCCCC)OC(=O)CCCCCCC/C=C\CCCCCCCCC. The molecule has 0 bridgehead atoms. The van der Waals surface area contributed by atoms with Crippen molar-refractivity contribution in [3.05, 3.63) is 72.9 Å². The molecule has 0 aliphatic rings. The summed E-state index contributed by atoms with van der Waals surface area (Å²) in [5.41, 5.74) is 0. The largest absolute Gasteiger partial charge is 0.462 e. The molecule has 0 heterocycles. The van der Waals surface area contributed by atoms with E-state index in [-0.39, 0.29) is 31.1 Å². The number of allylic oxidation sites excluding steroid dienone is 12.